The Balaban J connectivity index is 0.00000450. The van der Waals surface area contributed by atoms with Crippen molar-refractivity contribution in [3.8, 4) is 0 Å². The lowest BCUT2D eigenvalue weighted by molar-refractivity contribution is -0.925. The summed E-state index contributed by atoms with van der Waals surface area (Å²) in [6.07, 6.45) is 4.28. The van der Waals surface area contributed by atoms with Crippen molar-refractivity contribution >= 4 is 23.3 Å². The number of likely N-dealkylation sites (N-methyl/N-ethyl adjacent to an activating group) is 1. The number of carbonyl (C=O) groups excluding carboxylic acids is 1. The van der Waals surface area contributed by atoms with E-state index in [1.165, 1.54) is 12.1 Å². The maximum atomic E-state index is 11.8. The van der Waals surface area contributed by atoms with Crippen LogP contribution < -0.4 is 34.6 Å². The Hall–Kier alpha value is -1.31. The normalized spacial score (nSPS) is 11.0. The number of hydrogen-bond donors (Lipinski definition) is 1. The van der Waals surface area contributed by atoms with Gasteiger partial charge >= 0.3 is 6.03 Å². The summed E-state index contributed by atoms with van der Waals surface area (Å²) in [6.45, 7) is 9.84. The second kappa shape index (κ2) is 13.9. The predicted octanol–water partition coefficient (Wildman–Crippen LogP) is 2.50. The van der Waals surface area contributed by atoms with Gasteiger partial charge in [0.05, 0.1) is 26.2 Å². The first-order valence-electron chi connectivity index (χ1n) is 10.7. The number of hydrogen-bond acceptors (Lipinski definition) is 1. The van der Waals surface area contributed by atoms with Gasteiger partial charge in [-0.05, 0) is 62.9 Å². The van der Waals surface area contributed by atoms with Crippen LogP contribution in [0.1, 0.15) is 38.7 Å². The molecule has 4 nitrogen and oxygen atoms in total. The van der Waals surface area contributed by atoms with E-state index >= 15 is 0 Å². The molecule has 6 heteroatoms. The molecule has 0 aliphatic heterocycles. The number of benzene rings is 2. The van der Waals surface area contributed by atoms with Gasteiger partial charge in [-0.3, -0.25) is 4.90 Å². The molecule has 2 aromatic carbocycles. The topological polar surface area (TPSA) is 46.3 Å². The van der Waals surface area contributed by atoms with E-state index in [9.17, 15) is 4.79 Å². The SMILES string of the molecule is CC[N+](CC)(CCCCCN(C(N)=O)c1ccccc1)CCc1ccc(Cl)cc1.[I-]. The number of quaternary nitrogens is 1. The summed E-state index contributed by atoms with van der Waals surface area (Å²) in [4.78, 5) is 13.5. The van der Waals surface area contributed by atoms with E-state index in [-0.39, 0.29) is 30.0 Å². The minimum atomic E-state index is -0.383. The number of para-hydroxylation sites is 1. The van der Waals surface area contributed by atoms with Crippen LogP contribution in [0.25, 0.3) is 0 Å². The van der Waals surface area contributed by atoms with Gasteiger partial charge in [0.1, 0.15) is 0 Å². The molecule has 2 amide bonds. The molecule has 0 atom stereocenters. The zero-order valence-corrected chi connectivity index (χ0v) is 21.1. The van der Waals surface area contributed by atoms with E-state index in [1.54, 1.807) is 4.90 Å². The number of nitrogens with two attached hydrogens (primary N) is 1. The van der Waals surface area contributed by atoms with Crippen molar-refractivity contribution in [3.05, 3.63) is 65.2 Å². The van der Waals surface area contributed by atoms with Crippen LogP contribution in [-0.2, 0) is 6.42 Å². The summed E-state index contributed by atoms with van der Waals surface area (Å²) in [5.74, 6) is 0. The molecule has 0 aliphatic carbocycles. The molecule has 0 bridgehead atoms. The van der Waals surface area contributed by atoms with Crippen LogP contribution in [0.15, 0.2) is 54.6 Å². The first-order valence-corrected chi connectivity index (χ1v) is 11.1. The van der Waals surface area contributed by atoms with Crippen LogP contribution in [0.3, 0.4) is 0 Å². The van der Waals surface area contributed by atoms with Gasteiger partial charge in [-0.2, -0.15) is 0 Å². The first kappa shape index (κ1) is 26.7. The third-order valence-electron chi connectivity index (χ3n) is 5.98. The fourth-order valence-corrected chi connectivity index (χ4v) is 3.98. The number of nitrogens with zero attached hydrogens (tertiary/aromatic N) is 2. The van der Waals surface area contributed by atoms with Crippen molar-refractivity contribution in [2.24, 2.45) is 5.73 Å². The average Bonchev–Trinajstić information content (AvgIpc) is 2.74. The number of rotatable bonds is 12. The Labute approximate surface area is 204 Å². The molecule has 0 saturated heterocycles. The molecule has 0 heterocycles. The second-order valence-corrected chi connectivity index (χ2v) is 8.12. The number of carbonyl (C=O) groups is 1. The number of halogens is 2. The molecule has 2 aromatic rings. The molecule has 0 radical (unpaired) electrons. The van der Waals surface area contributed by atoms with Crippen LogP contribution in [-0.4, -0.2) is 43.2 Å². The lowest BCUT2D eigenvalue weighted by atomic mass is 10.1. The molecule has 166 valence electrons. The summed E-state index contributed by atoms with van der Waals surface area (Å²) in [5, 5.41) is 0.793. The maximum Gasteiger partial charge on any atom is 0.319 e. The molecule has 0 spiro atoms. The highest BCUT2D eigenvalue weighted by molar-refractivity contribution is 6.30. The Morgan fingerprint density at radius 3 is 2.13 bits per heavy atom. The van der Waals surface area contributed by atoms with Crippen molar-refractivity contribution in [2.75, 3.05) is 37.6 Å². The van der Waals surface area contributed by atoms with Crippen molar-refractivity contribution in [3.63, 3.8) is 0 Å². The van der Waals surface area contributed by atoms with Crippen molar-refractivity contribution in [1.82, 2.24) is 0 Å². The van der Waals surface area contributed by atoms with Crippen LogP contribution in [0.5, 0.6) is 0 Å². The maximum absolute atomic E-state index is 11.8. The van der Waals surface area contributed by atoms with E-state index in [1.807, 2.05) is 42.5 Å². The van der Waals surface area contributed by atoms with Gasteiger partial charge < -0.3 is 34.2 Å². The van der Waals surface area contributed by atoms with Gasteiger partial charge in [0.2, 0.25) is 0 Å². The zero-order chi connectivity index (χ0) is 21.1. The van der Waals surface area contributed by atoms with Crippen LogP contribution in [0.2, 0.25) is 5.02 Å². The Morgan fingerprint density at radius 2 is 1.57 bits per heavy atom. The van der Waals surface area contributed by atoms with Crippen molar-refractivity contribution in [2.45, 2.75) is 39.5 Å². The molecule has 0 aromatic heterocycles. The zero-order valence-electron chi connectivity index (χ0n) is 18.2. The molecule has 0 fully saturated rings. The number of primary amides is 1. The number of anilines is 1. The van der Waals surface area contributed by atoms with Gasteiger partial charge in [0.15, 0.2) is 0 Å². The third kappa shape index (κ3) is 8.44. The summed E-state index contributed by atoms with van der Waals surface area (Å²) < 4.78 is 1.13. The van der Waals surface area contributed by atoms with Crippen LogP contribution in [0, 0.1) is 0 Å². The van der Waals surface area contributed by atoms with E-state index in [2.05, 4.69) is 26.0 Å². The van der Waals surface area contributed by atoms with E-state index in [0.29, 0.717) is 6.54 Å². The van der Waals surface area contributed by atoms with Crippen LogP contribution in [0.4, 0.5) is 10.5 Å². The molecular weight excluding hydrogens is 509 g/mol. The fourth-order valence-electron chi connectivity index (χ4n) is 3.85. The number of unbranched alkanes of at least 4 members (excludes halogenated alkanes) is 2. The van der Waals surface area contributed by atoms with Gasteiger partial charge in [-0.25, -0.2) is 4.79 Å². The van der Waals surface area contributed by atoms with Gasteiger partial charge in [0, 0.05) is 23.7 Å². The monoisotopic (exact) mass is 543 g/mol. The summed E-state index contributed by atoms with van der Waals surface area (Å²) >= 11 is 6.00. The fraction of sp³-hybridized carbons (Fsp3) is 0.458. The average molecular weight is 544 g/mol. The van der Waals surface area contributed by atoms with Crippen molar-refractivity contribution < 1.29 is 33.3 Å². The Kier molecular flexibility index (Phi) is 12.4. The van der Waals surface area contributed by atoms with Gasteiger partial charge in [-0.1, -0.05) is 41.9 Å². The van der Waals surface area contributed by atoms with Crippen molar-refractivity contribution in [1.29, 1.82) is 0 Å². The van der Waals surface area contributed by atoms with E-state index in [0.717, 1.165) is 60.5 Å². The van der Waals surface area contributed by atoms with E-state index in [4.69, 9.17) is 17.3 Å². The molecule has 30 heavy (non-hydrogen) atoms. The summed E-state index contributed by atoms with van der Waals surface area (Å²) in [7, 11) is 0. The predicted molar refractivity (Wildman–Crippen MR) is 123 cm³/mol. The Morgan fingerprint density at radius 1 is 0.933 bits per heavy atom. The standard InChI is InChI=1S/C24H34ClN3O.HI/c1-3-28(4-2,20-17-21-13-15-22(25)16-14-21)19-10-6-9-18-27(24(26)29)23-11-7-5-8-12-23;/h5,7-8,11-16H,3-4,6,9-10,17-20H2,1-2H3,(H-,26,29);1H. The molecule has 0 aliphatic rings. The molecule has 0 unspecified atom stereocenters. The van der Waals surface area contributed by atoms with Crippen LogP contribution >= 0.6 is 11.6 Å². The number of amides is 2. The number of urea groups is 1. The summed E-state index contributed by atoms with van der Waals surface area (Å²) in [5.41, 5.74) is 7.79. The molecular formula is C24H35ClIN3O. The highest BCUT2D eigenvalue weighted by Gasteiger charge is 2.22. The second-order valence-electron chi connectivity index (χ2n) is 7.68. The highest BCUT2D eigenvalue weighted by Crippen LogP contribution is 2.17. The summed E-state index contributed by atoms with van der Waals surface area (Å²) in [6, 6.07) is 17.5. The minimum Gasteiger partial charge on any atom is -1.00 e. The van der Waals surface area contributed by atoms with Gasteiger partial charge in [0.25, 0.3) is 0 Å². The minimum absolute atomic E-state index is 0. The van der Waals surface area contributed by atoms with E-state index < -0.39 is 0 Å². The third-order valence-corrected chi connectivity index (χ3v) is 6.23. The first-order chi connectivity index (χ1) is 14.0. The molecule has 2 N–H and O–H groups in total. The van der Waals surface area contributed by atoms with Gasteiger partial charge in [-0.15, -0.1) is 0 Å². The Bertz CT molecular complexity index is 736. The largest absolute Gasteiger partial charge is 1.00 e. The lowest BCUT2D eigenvalue weighted by Gasteiger charge is -2.37. The lowest BCUT2D eigenvalue weighted by Crippen LogP contribution is -3.00. The molecule has 0 saturated carbocycles. The quantitative estimate of drug-likeness (QED) is 0.250. The molecule has 2 rings (SSSR count). The smallest absolute Gasteiger partial charge is 0.319 e. The highest BCUT2D eigenvalue weighted by atomic mass is 127.